The van der Waals surface area contributed by atoms with Gasteiger partial charge in [-0.3, -0.25) is 4.79 Å². The predicted molar refractivity (Wildman–Crippen MR) is 67.0 cm³/mol. The van der Waals surface area contributed by atoms with Gasteiger partial charge in [0.15, 0.2) is 5.60 Å². The van der Waals surface area contributed by atoms with Gasteiger partial charge in [0.2, 0.25) is 0 Å². The third kappa shape index (κ3) is 2.56. The summed E-state index contributed by atoms with van der Waals surface area (Å²) in [5.74, 6) is -2.61. The van der Waals surface area contributed by atoms with Crippen molar-refractivity contribution in [1.29, 1.82) is 0 Å². The van der Waals surface area contributed by atoms with Crippen LogP contribution in [0.1, 0.15) is 34.1 Å². The fourth-order valence-corrected chi connectivity index (χ4v) is 2.11. The zero-order valence-electron chi connectivity index (χ0n) is 11.6. The average Bonchev–Trinajstić information content (AvgIpc) is 2.33. The van der Waals surface area contributed by atoms with Crippen LogP contribution in [-0.2, 0) is 14.3 Å². The van der Waals surface area contributed by atoms with E-state index in [0.29, 0.717) is 6.42 Å². The Hall–Kier alpha value is -1.36. The maximum atomic E-state index is 12.0. The zero-order chi connectivity index (χ0) is 14.6. The van der Waals surface area contributed by atoms with E-state index in [1.54, 1.807) is 19.1 Å². The monoisotopic (exact) mass is 258 g/mol. The average molecular weight is 258 g/mol. The first-order valence-electron chi connectivity index (χ1n) is 5.87. The van der Waals surface area contributed by atoms with E-state index in [1.807, 2.05) is 6.92 Å². The largest absolute Gasteiger partial charge is 0.479 e. The highest BCUT2D eigenvalue weighted by atomic mass is 16.5. The van der Waals surface area contributed by atoms with Gasteiger partial charge >= 0.3 is 11.9 Å². The van der Waals surface area contributed by atoms with Crippen LogP contribution in [0.4, 0.5) is 0 Å². The summed E-state index contributed by atoms with van der Waals surface area (Å²) in [5.41, 5.74) is -3.75. The standard InChI is InChI=1S/C13H22O5/c1-6-8-9(7-2)12(3,11(16)18-5)13(4,17)10(14)15/h6,8-9,17H,7H2,1-5H3,(H,14,15). The van der Waals surface area contributed by atoms with Crippen molar-refractivity contribution in [3.63, 3.8) is 0 Å². The van der Waals surface area contributed by atoms with E-state index >= 15 is 0 Å². The van der Waals surface area contributed by atoms with Crippen molar-refractivity contribution < 1.29 is 24.5 Å². The normalized spacial score (nSPS) is 19.9. The molecule has 0 spiro atoms. The molecule has 0 aliphatic rings. The van der Waals surface area contributed by atoms with Crippen LogP contribution in [0.2, 0.25) is 0 Å². The second-order valence-corrected chi connectivity index (χ2v) is 4.61. The summed E-state index contributed by atoms with van der Waals surface area (Å²) in [6, 6.07) is 0. The van der Waals surface area contributed by atoms with Crippen molar-refractivity contribution in [3.05, 3.63) is 12.2 Å². The molecule has 0 aromatic rings. The van der Waals surface area contributed by atoms with Crippen LogP contribution in [-0.4, -0.2) is 34.9 Å². The van der Waals surface area contributed by atoms with Gasteiger partial charge in [0, 0.05) is 0 Å². The molecule has 0 aliphatic carbocycles. The van der Waals surface area contributed by atoms with Gasteiger partial charge < -0.3 is 14.9 Å². The Morgan fingerprint density at radius 3 is 2.17 bits per heavy atom. The molecule has 0 aliphatic heterocycles. The highest BCUT2D eigenvalue weighted by Crippen LogP contribution is 2.42. The summed E-state index contributed by atoms with van der Waals surface area (Å²) in [6.45, 7) is 6.14. The van der Waals surface area contributed by atoms with Crippen molar-refractivity contribution in [3.8, 4) is 0 Å². The Kier molecular flexibility index (Phi) is 5.55. The summed E-state index contributed by atoms with van der Waals surface area (Å²) in [6.07, 6.45) is 3.96. The van der Waals surface area contributed by atoms with Crippen LogP contribution in [0, 0.1) is 11.3 Å². The molecular weight excluding hydrogens is 236 g/mol. The number of methoxy groups -OCH3 is 1. The van der Waals surface area contributed by atoms with Crippen molar-refractivity contribution in [1.82, 2.24) is 0 Å². The van der Waals surface area contributed by atoms with Crippen LogP contribution in [0.3, 0.4) is 0 Å². The molecule has 0 saturated heterocycles. The van der Waals surface area contributed by atoms with Crippen molar-refractivity contribution in [2.24, 2.45) is 11.3 Å². The number of allylic oxidation sites excluding steroid dienone is 2. The molecule has 3 unspecified atom stereocenters. The summed E-state index contributed by atoms with van der Waals surface area (Å²) in [5, 5.41) is 19.4. The smallest absolute Gasteiger partial charge is 0.336 e. The van der Waals surface area contributed by atoms with Gasteiger partial charge in [-0.15, -0.1) is 0 Å². The number of hydrogen-bond acceptors (Lipinski definition) is 4. The molecule has 5 heteroatoms. The molecule has 0 heterocycles. The molecule has 3 atom stereocenters. The summed E-state index contributed by atoms with van der Waals surface area (Å²) in [7, 11) is 1.18. The van der Waals surface area contributed by atoms with Crippen LogP contribution < -0.4 is 0 Å². The second-order valence-electron chi connectivity index (χ2n) is 4.61. The highest BCUT2D eigenvalue weighted by Gasteiger charge is 2.58. The SMILES string of the molecule is CC=CC(CC)C(C)(C(=O)OC)C(C)(O)C(=O)O. The molecule has 0 saturated carbocycles. The lowest BCUT2D eigenvalue weighted by Crippen LogP contribution is -2.58. The molecule has 5 nitrogen and oxygen atoms in total. The maximum absolute atomic E-state index is 12.0. The van der Waals surface area contributed by atoms with Gasteiger partial charge in [0.05, 0.1) is 7.11 Å². The lowest BCUT2D eigenvalue weighted by molar-refractivity contribution is -0.191. The Morgan fingerprint density at radius 1 is 1.39 bits per heavy atom. The number of carboxylic acids is 1. The number of hydrogen-bond donors (Lipinski definition) is 2. The molecule has 18 heavy (non-hydrogen) atoms. The van der Waals surface area contributed by atoms with Crippen molar-refractivity contribution >= 4 is 11.9 Å². The fourth-order valence-electron chi connectivity index (χ4n) is 2.11. The number of carboxylic acid groups (broad SMARTS) is 1. The minimum Gasteiger partial charge on any atom is -0.479 e. The molecule has 0 amide bonds. The van der Waals surface area contributed by atoms with Gasteiger partial charge in [-0.1, -0.05) is 19.1 Å². The van der Waals surface area contributed by atoms with E-state index in [9.17, 15) is 14.7 Å². The predicted octanol–water partition coefficient (Wildman–Crippen LogP) is 1.60. The van der Waals surface area contributed by atoms with E-state index < -0.39 is 28.9 Å². The Bertz CT molecular complexity index is 345. The first kappa shape index (κ1) is 16.6. The first-order valence-corrected chi connectivity index (χ1v) is 5.87. The molecule has 0 rings (SSSR count). The number of carbonyl (C=O) groups excluding carboxylic acids is 1. The summed E-state index contributed by atoms with van der Waals surface area (Å²) in [4.78, 5) is 23.2. The summed E-state index contributed by atoms with van der Waals surface area (Å²) < 4.78 is 4.68. The molecule has 0 radical (unpaired) electrons. The lowest BCUT2D eigenvalue weighted by Gasteiger charge is -2.41. The minimum absolute atomic E-state index is 0.430. The molecule has 2 N–H and O–H groups in total. The highest BCUT2D eigenvalue weighted by molar-refractivity contribution is 5.89. The van der Waals surface area contributed by atoms with Crippen molar-refractivity contribution in [2.45, 2.75) is 39.7 Å². The lowest BCUT2D eigenvalue weighted by atomic mass is 9.64. The molecule has 0 fully saturated rings. The van der Waals surface area contributed by atoms with Crippen LogP contribution in [0.15, 0.2) is 12.2 Å². The van der Waals surface area contributed by atoms with Gasteiger partial charge in [-0.25, -0.2) is 4.79 Å². The van der Waals surface area contributed by atoms with Crippen molar-refractivity contribution in [2.75, 3.05) is 7.11 Å². The zero-order valence-corrected chi connectivity index (χ0v) is 11.6. The molecule has 0 aromatic carbocycles. The van der Waals surface area contributed by atoms with Gasteiger partial charge in [0.1, 0.15) is 5.41 Å². The van der Waals surface area contributed by atoms with Gasteiger partial charge in [-0.05, 0) is 33.1 Å². The van der Waals surface area contributed by atoms with E-state index in [1.165, 1.54) is 14.0 Å². The van der Waals surface area contributed by atoms with Crippen LogP contribution in [0.5, 0.6) is 0 Å². The van der Waals surface area contributed by atoms with E-state index in [4.69, 9.17) is 5.11 Å². The molecule has 104 valence electrons. The molecular formula is C13H22O5. The van der Waals surface area contributed by atoms with E-state index in [2.05, 4.69) is 4.74 Å². The molecule has 0 aromatic heterocycles. The van der Waals surface area contributed by atoms with Crippen LogP contribution >= 0.6 is 0 Å². The third-order valence-corrected chi connectivity index (χ3v) is 3.64. The van der Waals surface area contributed by atoms with E-state index in [-0.39, 0.29) is 0 Å². The van der Waals surface area contributed by atoms with E-state index in [0.717, 1.165) is 6.92 Å². The van der Waals surface area contributed by atoms with Crippen LogP contribution in [0.25, 0.3) is 0 Å². The first-order chi connectivity index (χ1) is 8.19. The Balaban J connectivity index is 5.86. The Morgan fingerprint density at radius 2 is 1.89 bits per heavy atom. The summed E-state index contributed by atoms with van der Waals surface area (Å²) >= 11 is 0. The third-order valence-electron chi connectivity index (χ3n) is 3.64. The quantitative estimate of drug-likeness (QED) is 0.558. The Labute approximate surface area is 107 Å². The number of rotatable bonds is 6. The number of aliphatic hydroxyl groups is 1. The number of ether oxygens (including phenoxy) is 1. The topological polar surface area (TPSA) is 83.8 Å². The van der Waals surface area contributed by atoms with Gasteiger partial charge in [0.25, 0.3) is 0 Å². The number of aliphatic carboxylic acids is 1. The minimum atomic E-state index is -2.21. The number of carbonyl (C=O) groups is 2. The number of esters is 1. The maximum Gasteiger partial charge on any atom is 0.336 e. The van der Waals surface area contributed by atoms with Gasteiger partial charge in [-0.2, -0.15) is 0 Å². The second kappa shape index (κ2) is 6.00. The molecule has 0 bridgehead atoms. The fraction of sp³-hybridized carbons (Fsp3) is 0.692.